The van der Waals surface area contributed by atoms with Crippen LogP contribution in [0.25, 0.3) is 0 Å². The van der Waals surface area contributed by atoms with Crippen LogP contribution >= 0.6 is 22.6 Å². The third-order valence-electron chi connectivity index (χ3n) is 10.6. The summed E-state index contributed by atoms with van der Waals surface area (Å²) >= 11 is 2.68. The predicted molar refractivity (Wildman–Crippen MR) is 142 cm³/mol. The second kappa shape index (κ2) is 9.90. The molecule has 0 aromatic carbocycles. The minimum atomic E-state index is -0.112. The van der Waals surface area contributed by atoms with Crippen LogP contribution in [-0.2, 0) is 9.53 Å². The first-order valence-corrected chi connectivity index (χ1v) is 15.2. The van der Waals surface area contributed by atoms with Gasteiger partial charge in [-0.15, -0.1) is 0 Å². The van der Waals surface area contributed by atoms with Crippen LogP contribution in [0.5, 0.6) is 0 Å². The Hall–Kier alpha value is -0.0600. The summed E-state index contributed by atoms with van der Waals surface area (Å²) in [4.78, 5) is 11.6. The average Bonchev–Trinajstić information content (AvgIpc) is 3.10. The van der Waals surface area contributed by atoms with Crippen molar-refractivity contribution in [1.82, 2.24) is 0 Å². The third kappa shape index (κ3) is 4.47. The van der Waals surface area contributed by atoms with Crippen molar-refractivity contribution in [2.24, 2.45) is 46.3 Å². The third-order valence-corrected chi connectivity index (χ3v) is 11.9. The number of allylic oxidation sites excluding steroid dienone is 1. The Morgan fingerprint density at radius 1 is 1.12 bits per heavy atom. The Morgan fingerprint density at radius 2 is 1.91 bits per heavy atom. The summed E-state index contributed by atoms with van der Waals surface area (Å²) in [5.41, 5.74) is 2.58. The fourth-order valence-electron chi connectivity index (χ4n) is 9.03. The van der Waals surface area contributed by atoms with Gasteiger partial charge in [0.15, 0.2) is 0 Å². The molecule has 4 aliphatic carbocycles. The molecule has 0 heterocycles. The zero-order valence-electron chi connectivity index (χ0n) is 21.3. The van der Waals surface area contributed by atoms with Crippen molar-refractivity contribution in [2.75, 3.05) is 4.43 Å². The maximum atomic E-state index is 11.6. The normalized spacial score (nSPS) is 42.0. The van der Waals surface area contributed by atoms with Crippen molar-refractivity contribution < 1.29 is 9.53 Å². The van der Waals surface area contributed by atoms with Crippen LogP contribution in [0, 0.1) is 46.3 Å². The van der Waals surface area contributed by atoms with Gasteiger partial charge in [0.05, 0.1) is 0 Å². The molecular weight excluding hydrogens is 507 g/mol. The van der Waals surface area contributed by atoms with Crippen LogP contribution in [0.15, 0.2) is 11.6 Å². The molecule has 8 unspecified atom stereocenters. The number of hydrogen-bond donors (Lipinski definition) is 0. The van der Waals surface area contributed by atoms with E-state index in [1.165, 1.54) is 62.2 Å². The summed E-state index contributed by atoms with van der Waals surface area (Å²) < 4.78 is 6.90. The first-order chi connectivity index (χ1) is 15.2. The predicted octanol–water partition coefficient (Wildman–Crippen LogP) is 8.37. The molecule has 0 aromatic heterocycles. The molecule has 0 aromatic rings. The topological polar surface area (TPSA) is 26.3 Å². The maximum Gasteiger partial charge on any atom is 0.302 e. The van der Waals surface area contributed by atoms with Gasteiger partial charge < -0.3 is 4.74 Å². The molecule has 0 radical (unpaired) electrons. The molecule has 2 nitrogen and oxygen atoms in total. The summed E-state index contributed by atoms with van der Waals surface area (Å²) in [5, 5.41) is 0. The van der Waals surface area contributed by atoms with E-state index >= 15 is 0 Å². The molecule has 0 amide bonds. The average molecular weight is 555 g/mol. The second-order valence-electron chi connectivity index (χ2n) is 12.6. The Balaban J connectivity index is 1.50. The summed E-state index contributed by atoms with van der Waals surface area (Å²) in [6, 6.07) is 0. The van der Waals surface area contributed by atoms with Crippen LogP contribution < -0.4 is 0 Å². The van der Waals surface area contributed by atoms with E-state index < -0.39 is 0 Å². The standard InChI is InChI=1S/C29H47IO2/c1-19(2)7-6-8-20(3)25-11-12-26-24-10-9-22-17-23(32-21(4)31)13-16-29(22,18-30)27(24)14-15-28(25,26)5/h9,19-20,23-27H,6-8,10-18H2,1-5H3. The lowest BCUT2D eigenvalue weighted by molar-refractivity contribution is -0.148. The number of rotatable bonds is 7. The number of carbonyl (C=O) groups excluding carboxylic acids is 1. The lowest BCUT2D eigenvalue weighted by Gasteiger charge is -2.59. The number of alkyl halides is 1. The van der Waals surface area contributed by atoms with E-state index in [0.717, 1.165) is 48.3 Å². The second-order valence-corrected chi connectivity index (χ2v) is 13.4. The van der Waals surface area contributed by atoms with Gasteiger partial charge >= 0.3 is 5.97 Å². The highest BCUT2D eigenvalue weighted by atomic mass is 127. The van der Waals surface area contributed by atoms with Gasteiger partial charge in [-0.25, -0.2) is 0 Å². The molecule has 8 atom stereocenters. The van der Waals surface area contributed by atoms with Gasteiger partial charge in [0.25, 0.3) is 0 Å². The smallest absolute Gasteiger partial charge is 0.302 e. The lowest BCUT2D eigenvalue weighted by atomic mass is 9.47. The summed E-state index contributed by atoms with van der Waals surface area (Å²) in [6.07, 6.45) is 17.3. The largest absolute Gasteiger partial charge is 0.462 e. The zero-order chi connectivity index (χ0) is 23.1. The van der Waals surface area contributed by atoms with Crippen molar-refractivity contribution in [2.45, 2.75) is 111 Å². The molecule has 32 heavy (non-hydrogen) atoms. The number of esters is 1. The number of halogens is 1. The molecule has 182 valence electrons. The van der Waals surface area contributed by atoms with Crippen molar-refractivity contribution in [3.8, 4) is 0 Å². The van der Waals surface area contributed by atoms with Gasteiger partial charge in [0.2, 0.25) is 0 Å². The molecular formula is C29H47IO2. The van der Waals surface area contributed by atoms with Gasteiger partial charge in [-0.1, -0.05) is 81.2 Å². The molecule has 0 aliphatic heterocycles. The van der Waals surface area contributed by atoms with E-state index in [1.54, 1.807) is 12.5 Å². The minimum Gasteiger partial charge on any atom is -0.462 e. The number of ether oxygens (including phenoxy) is 1. The van der Waals surface area contributed by atoms with Gasteiger partial charge in [-0.05, 0) is 85.9 Å². The molecule has 3 saturated carbocycles. The number of carbonyl (C=O) groups is 1. The molecule has 4 rings (SSSR count). The van der Waals surface area contributed by atoms with E-state index in [2.05, 4.69) is 56.4 Å². The summed E-state index contributed by atoms with van der Waals surface area (Å²) in [6.45, 7) is 11.6. The zero-order valence-corrected chi connectivity index (χ0v) is 23.5. The molecule has 3 heteroatoms. The van der Waals surface area contributed by atoms with Crippen molar-refractivity contribution >= 4 is 28.6 Å². The van der Waals surface area contributed by atoms with E-state index in [9.17, 15) is 4.79 Å². The van der Waals surface area contributed by atoms with Crippen molar-refractivity contribution in [1.29, 1.82) is 0 Å². The SMILES string of the molecule is CC(=O)OC1CCC2(CI)C(=CCC3C2CCC2(C)C(C(C)CCCC(C)C)CCC32)C1. The first kappa shape index (κ1) is 25.0. The number of fused-ring (bicyclic) bond motifs is 5. The molecule has 0 N–H and O–H groups in total. The van der Waals surface area contributed by atoms with Crippen LogP contribution in [-0.4, -0.2) is 16.5 Å². The summed E-state index contributed by atoms with van der Waals surface area (Å²) in [5.74, 6) is 5.19. The van der Waals surface area contributed by atoms with Crippen LogP contribution in [0.1, 0.15) is 105 Å². The van der Waals surface area contributed by atoms with Crippen LogP contribution in [0.3, 0.4) is 0 Å². The van der Waals surface area contributed by atoms with E-state index in [-0.39, 0.29) is 12.1 Å². The highest BCUT2D eigenvalue weighted by molar-refractivity contribution is 14.1. The minimum absolute atomic E-state index is 0.112. The van der Waals surface area contributed by atoms with Gasteiger partial charge in [-0.3, -0.25) is 4.79 Å². The lowest BCUT2D eigenvalue weighted by Crippen LogP contribution is -2.52. The Bertz CT molecular complexity index is 714. The molecule has 0 saturated heterocycles. The van der Waals surface area contributed by atoms with Crippen LogP contribution in [0.2, 0.25) is 0 Å². The molecule has 0 spiro atoms. The highest BCUT2D eigenvalue weighted by Gasteiger charge is 2.60. The van der Waals surface area contributed by atoms with Crippen LogP contribution in [0.4, 0.5) is 0 Å². The Labute approximate surface area is 211 Å². The fourth-order valence-corrected chi connectivity index (χ4v) is 10.5. The molecule has 0 bridgehead atoms. The molecule has 3 fully saturated rings. The monoisotopic (exact) mass is 554 g/mol. The van der Waals surface area contributed by atoms with Crippen molar-refractivity contribution in [3.63, 3.8) is 0 Å². The van der Waals surface area contributed by atoms with Crippen molar-refractivity contribution in [3.05, 3.63) is 11.6 Å². The summed E-state index contributed by atoms with van der Waals surface area (Å²) in [7, 11) is 0. The highest BCUT2D eigenvalue weighted by Crippen LogP contribution is 2.67. The first-order valence-electron chi connectivity index (χ1n) is 13.6. The van der Waals surface area contributed by atoms with E-state index in [1.807, 2.05) is 0 Å². The van der Waals surface area contributed by atoms with Gasteiger partial charge in [0, 0.05) is 23.2 Å². The number of hydrogen-bond acceptors (Lipinski definition) is 2. The maximum absolute atomic E-state index is 11.6. The Kier molecular flexibility index (Phi) is 7.75. The van der Waals surface area contributed by atoms with E-state index in [0.29, 0.717) is 10.8 Å². The van der Waals surface area contributed by atoms with E-state index in [4.69, 9.17) is 4.74 Å². The Morgan fingerprint density at radius 3 is 2.59 bits per heavy atom. The van der Waals surface area contributed by atoms with Gasteiger partial charge in [0.1, 0.15) is 6.10 Å². The quantitative estimate of drug-likeness (QED) is 0.137. The fraction of sp³-hybridized carbons (Fsp3) is 0.897. The molecule has 4 aliphatic rings. The van der Waals surface area contributed by atoms with Gasteiger partial charge in [-0.2, -0.15) is 0 Å².